The fraction of sp³-hybridized carbons (Fsp3) is 0.520. The second-order valence-electron chi connectivity index (χ2n) is 8.47. The first-order chi connectivity index (χ1) is 15.3. The Bertz CT molecular complexity index is 961. The van der Waals surface area contributed by atoms with E-state index < -0.39 is 12.0 Å². The maximum Gasteiger partial charge on any atom is 0.355 e. The molecule has 172 valence electrons. The fourth-order valence-electron chi connectivity index (χ4n) is 4.56. The van der Waals surface area contributed by atoms with E-state index in [4.69, 9.17) is 4.74 Å². The molecule has 0 aromatic carbocycles. The molecular weight excluding hydrogens is 406 g/mol. The number of nitrogens with zero attached hydrogens (tertiary/aromatic N) is 2. The summed E-state index contributed by atoms with van der Waals surface area (Å²) in [4.78, 5) is 48.3. The number of aryl methyl sites for hydroxylation is 1. The summed E-state index contributed by atoms with van der Waals surface area (Å²) in [5.74, 6) is -0.638. The van der Waals surface area contributed by atoms with Crippen LogP contribution in [0.1, 0.15) is 77.3 Å². The van der Waals surface area contributed by atoms with Gasteiger partial charge in [-0.15, -0.1) is 0 Å². The van der Waals surface area contributed by atoms with Crippen molar-refractivity contribution in [2.75, 3.05) is 13.2 Å². The second kappa shape index (κ2) is 10.6. The highest BCUT2D eigenvalue weighted by molar-refractivity contribution is 6.06. The van der Waals surface area contributed by atoms with Crippen molar-refractivity contribution < 1.29 is 19.1 Å². The van der Waals surface area contributed by atoms with Crippen LogP contribution in [0.4, 0.5) is 0 Å². The Hall–Kier alpha value is -2.96. The van der Waals surface area contributed by atoms with E-state index in [2.05, 4.69) is 9.97 Å². The zero-order chi connectivity index (χ0) is 23.3. The van der Waals surface area contributed by atoms with Gasteiger partial charge in [0.15, 0.2) is 5.78 Å². The quantitative estimate of drug-likeness (QED) is 0.470. The molecule has 7 nitrogen and oxygen atoms in total. The number of Topliss-reactive ketones (excluding diaryl/α,β-unsaturated/α-hetero) is 1. The van der Waals surface area contributed by atoms with Gasteiger partial charge < -0.3 is 14.6 Å². The molecule has 1 aliphatic rings. The Morgan fingerprint density at radius 1 is 1.22 bits per heavy atom. The van der Waals surface area contributed by atoms with Crippen molar-refractivity contribution in [3.8, 4) is 0 Å². The smallest absolute Gasteiger partial charge is 0.355 e. The van der Waals surface area contributed by atoms with Crippen molar-refractivity contribution in [1.82, 2.24) is 14.9 Å². The SMILES string of the molecule is CCOC(=O)c1[nH]c(C)c(C(=O)[C@H](C)N(CCc2ccccn2)C(=O)C2CCCC2)c1C. The Labute approximate surface area is 189 Å². The summed E-state index contributed by atoms with van der Waals surface area (Å²) < 4.78 is 5.11. The van der Waals surface area contributed by atoms with Crippen LogP contribution in [0.2, 0.25) is 0 Å². The highest BCUT2D eigenvalue weighted by Gasteiger charge is 2.34. The highest BCUT2D eigenvalue weighted by atomic mass is 16.5. The van der Waals surface area contributed by atoms with Crippen LogP contribution >= 0.6 is 0 Å². The third-order valence-corrected chi connectivity index (χ3v) is 6.33. The minimum Gasteiger partial charge on any atom is -0.461 e. The largest absolute Gasteiger partial charge is 0.461 e. The number of pyridine rings is 1. The predicted molar refractivity (Wildman–Crippen MR) is 122 cm³/mol. The molecule has 1 fully saturated rings. The van der Waals surface area contributed by atoms with Gasteiger partial charge in [-0.3, -0.25) is 14.6 Å². The summed E-state index contributed by atoms with van der Waals surface area (Å²) in [6.45, 7) is 7.72. The van der Waals surface area contributed by atoms with Gasteiger partial charge in [0.2, 0.25) is 5.91 Å². The summed E-state index contributed by atoms with van der Waals surface area (Å²) in [5.41, 5.74) is 2.82. The van der Waals surface area contributed by atoms with Gasteiger partial charge in [0.1, 0.15) is 5.69 Å². The summed E-state index contributed by atoms with van der Waals surface area (Å²) >= 11 is 0. The molecule has 1 aliphatic carbocycles. The van der Waals surface area contributed by atoms with E-state index in [0.29, 0.717) is 35.5 Å². The third kappa shape index (κ3) is 5.09. The average molecular weight is 440 g/mol. The number of ether oxygens (including phenoxy) is 1. The lowest BCUT2D eigenvalue weighted by Gasteiger charge is -2.31. The summed E-state index contributed by atoms with van der Waals surface area (Å²) in [5, 5.41) is 0. The van der Waals surface area contributed by atoms with E-state index in [-0.39, 0.29) is 24.2 Å². The van der Waals surface area contributed by atoms with Crippen LogP contribution in [0.5, 0.6) is 0 Å². The maximum absolute atomic E-state index is 13.6. The first-order valence-corrected chi connectivity index (χ1v) is 11.5. The van der Waals surface area contributed by atoms with Gasteiger partial charge in [0.05, 0.1) is 12.6 Å². The zero-order valence-corrected chi connectivity index (χ0v) is 19.4. The molecule has 0 aliphatic heterocycles. The molecular formula is C25H33N3O4. The maximum atomic E-state index is 13.6. The molecule has 0 radical (unpaired) electrons. The van der Waals surface area contributed by atoms with Gasteiger partial charge in [-0.05, 0) is 58.2 Å². The zero-order valence-electron chi connectivity index (χ0n) is 19.4. The van der Waals surface area contributed by atoms with Crippen molar-refractivity contribution in [2.45, 2.75) is 65.8 Å². The molecule has 3 rings (SSSR count). The molecule has 32 heavy (non-hydrogen) atoms. The molecule has 1 saturated carbocycles. The molecule has 1 amide bonds. The molecule has 2 heterocycles. The second-order valence-corrected chi connectivity index (χ2v) is 8.47. The van der Waals surface area contributed by atoms with Crippen LogP contribution in [-0.2, 0) is 16.0 Å². The number of amides is 1. The number of rotatable bonds is 9. The molecule has 7 heteroatoms. The van der Waals surface area contributed by atoms with Crippen LogP contribution in [0, 0.1) is 19.8 Å². The molecule has 0 spiro atoms. The summed E-state index contributed by atoms with van der Waals surface area (Å²) in [6.07, 6.45) is 6.15. The number of nitrogens with one attached hydrogen (secondary N) is 1. The number of ketones is 1. The van der Waals surface area contributed by atoms with E-state index >= 15 is 0 Å². The van der Waals surface area contributed by atoms with Gasteiger partial charge >= 0.3 is 5.97 Å². The number of H-pyrrole nitrogens is 1. The van der Waals surface area contributed by atoms with Crippen LogP contribution < -0.4 is 0 Å². The minimum atomic E-state index is -0.643. The topological polar surface area (TPSA) is 92.4 Å². The monoisotopic (exact) mass is 439 g/mol. The first kappa shape index (κ1) is 23.7. The van der Waals surface area contributed by atoms with Crippen molar-refractivity contribution >= 4 is 17.7 Å². The summed E-state index contributed by atoms with van der Waals surface area (Å²) in [7, 11) is 0. The van der Waals surface area contributed by atoms with Gasteiger partial charge in [-0.25, -0.2) is 4.79 Å². The number of hydrogen-bond acceptors (Lipinski definition) is 5. The van der Waals surface area contributed by atoms with Crippen LogP contribution in [0.3, 0.4) is 0 Å². The standard InChI is InChI=1S/C25H33N3O4/c1-5-32-25(31)22-16(2)21(17(3)27-22)23(29)18(4)28(24(30)19-10-6-7-11-19)15-13-20-12-8-9-14-26-20/h8-9,12,14,18-19,27H,5-7,10-11,13,15H2,1-4H3/t18-/m0/s1. The molecule has 0 unspecified atom stereocenters. The number of carbonyl (C=O) groups excluding carboxylic acids is 3. The third-order valence-electron chi connectivity index (χ3n) is 6.33. The highest BCUT2D eigenvalue weighted by Crippen LogP contribution is 2.29. The normalized spacial score (nSPS) is 14.9. The van der Waals surface area contributed by atoms with Gasteiger partial charge in [-0.2, -0.15) is 0 Å². The summed E-state index contributed by atoms with van der Waals surface area (Å²) in [6, 6.07) is 5.06. The number of esters is 1. The van der Waals surface area contributed by atoms with E-state index in [1.54, 1.807) is 38.8 Å². The molecule has 1 atom stereocenters. The molecule has 0 saturated heterocycles. The van der Waals surface area contributed by atoms with E-state index in [9.17, 15) is 14.4 Å². The van der Waals surface area contributed by atoms with E-state index in [0.717, 1.165) is 31.4 Å². The van der Waals surface area contributed by atoms with Crippen molar-refractivity contribution in [3.63, 3.8) is 0 Å². The number of aromatic amines is 1. The minimum absolute atomic E-state index is 0.0301. The van der Waals surface area contributed by atoms with E-state index in [1.807, 2.05) is 18.2 Å². The molecule has 2 aromatic rings. The Morgan fingerprint density at radius 2 is 1.94 bits per heavy atom. The van der Waals surface area contributed by atoms with E-state index in [1.165, 1.54) is 0 Å². The first-order valence-electron chi connectivity index (χ1n) is 11.5. The van der Waals surface area contributed by atoms with Gasteiger partial charge in [0, 0.05) is 42.0 Å². The molecule has 0 bridgehead atoms. The van der Waals surface area contributed by atoms with Crippen molar-refractivity contribution in [3.05, 3.63) is 52.6 Å². The van der Waals surface area contributed by atoms with Gasteiger partial charge in [-0.1, -0.05) is 18.9 Å². The van der Waals surface area contributed by atoms with Crippen LogP contribution in [0.25, 0.3) is 0 Å². The van der Waals surface area contributed by atoms with Crippen LogP contribution in [0.15, 0.2) is 24.4 Å². The number of carbonyl (C=O) groups is 3. The lowest BCUT2D eigenvalue weighted by Crippen LogP contribution is -2.47. The predicted octanol–water partition coefficient (Wildman–Crippen LogP) is 4.04. The Morgan fingerprint density at radius 3 is 2.56 bits per heavy atom. The Kier molecular flexibility index (Phi) is 7.83. The van der Waals surface area contributed by atoms with Crippen LogP contribution in [-0.4, -0.2) is 51.7 Å². The van der Waals surface area contributed by atoms with Crippen molar-refractivity contribution in [2.24, 2.45) is 5.92 Å². The fourth-order valence-corrected chi connectivity index (χ4v) is 4.56. The average Bonchev–Trinajstić information content (AvgIpc) is 3.42. The lowest BCUT2D eigenvalue weighted by molar-refractivity contribution is -0.136. The lowest BCUT2D eigenvalue weighted by atomic mass is 9.97. The number of hydrogen-bond donors (Lipinski definition) is 1. The molecule has 2 aromatic heterocycles. The molecule has 1 N–H and O–H groups in total. The Balaban J connectivity index is 1.86. The van der Waals surface area contributed by atoms with Crippen molar-refractivity contribution in [1.29, 1.82) is 0 Å². The number of aromatic nitrogens is 2. The van der Waals surface area contributed by atoms with Gasteiger partial charge in [0.25, 0.3) is 0 Å².